The van der Waals surface area contributed by atoms with E-state index >= 15 is 0 Å². The van der Waals surface area contributed by atoms with E-state index in [-0.39, 0.29) is 10.5 Å². The van der Waals surface area contributed by atoms with Crippen LogP contribution in [0.2, 0.25) is 0 Å². The van der Waals surface area contributed by atoms with Crippen LogP contribution in [0.3, 0.4) is 0 Å². The van der Waals surface area contributed by atoms with Gasteiger partial charge in [-0.3, -0.25) is 0 Å². The summed E-state index contributed by atoms with van der Waals surface area (Å²) in [5.41, 5.74) is 6.19. The highest BCUT2D eigenvalue weighted by Crippen LogP contribution is 2.37. The van der Waals surface area contributed by atoms with Gasteiger partial charge in [0.25, 0.3) is 0 Å². The molecule has 2 aromatic carbocycles. The third kappa shape index (κ3) is 2.85. The third-order valence-electron chi connectivity index (χ3n) is 3.44. The second-order valence-electron chi connectivity index (χ2n) is 5.28. The number of imidazole rings is 1. The summed E-state index contributed by atoms with van der Waals surface area (Å²) in [5, 5.41) is 0. The molecule has 3 rings (SSSR count). The summed E-state index contributed by atoms with van der Waals surface area (Å²) in [7, 11) is 0. The first-order valence-corrected chi connectivity index (χ1v) is 8.28. The van der Waals surface area contributed by atoms with Gasteiger partial charge in [-0.1, -0.05) is 61.2 Å². The number of alkyl halides is 1. The Hall–Kier alpha value is -1.33. The minimum absolute atomic E-state index is 0.0632. The van der Waals surface area contributed by atoms with E-state index < -0.39 is 0 Å². The van der Waals surface area contributed by atoms with Crippen molar-refractivity contribution in [3.05, 3.63) is 67.5 Å². The molecule has 1 aromatic heterocycles. The maximum Gasteiger partial charge on any atom is 0.323 e. The van der Waals surface area contributed by atoms with E-state index in [1.807, 2.05) is 12.1 Å². The average molecular weight is 410 g/mol. The standard InChI is InChI=1S/C16H14Br2N2O/c1-8-3-9(2)5-10(4-8)15(18)11-6-13-14(7-12(11)17)20-16(21)19-13/h3-7,15H,1-2H3,(H2,19,20,21). The Bertz CT molecular complexity index is 859. The van der Waals surface area contributed by atoms with Crippen LogP contribution in [0, 0.1) is 13.8 Å². The van der Waals surface area contributed by atoms with E-state index in [4.69, 9.17) is 0 Å². The molecule has 0 aliphatic carbocycles. The van der Waals surface area contributed by atoms with Crippen LogP contribution in [0.15, 0.2) is 39.6 Å². The minimum atomic E-state index is -0.188. The Morgan fingerprint density at radius 2 is 1.52 bits per heavy atom. The Balaban J connectivity index is 2.13. The van der Waals surface area contributed by atoms with E-state index in [2.05, 4.69) is 73.9 Å². The molecule has 1 atom stereocenters. The van der Waals surface area contributed by atoms with Crippen molar-refractivity contribution >= 4 is 42.9 Å². The van der Waals surface area contributed by atoms with Gasteiger partial charge in [0.05, 0.1) is 15.9 Å². The molecule has 3 aromatic rings. The van der Waals surface area contributed by atoms with E-state index in [1.54, 1.807) is 0 Å². The Morgan fingerprint density at radius 3 is 2.14 bits per heavy atom. The van der Waals surface area contributed by atoms with Crippen LogP contribution in [-0.4, -0.2) is 9.97 Å². The Labute approximate surface area is 139 Å². The first-order chi connectivity index (χ1) is 9.94. The van der Waals surface area contributed by atoms with Crippen LogP contribution in [0.4, 0.5) is 0 Å². The summed E-state index contributed by atoms with van der Waals surface area (Å²) in [4.78, 5) is 17.0. The third-order valence-corrected chi connectivity index (χ3v) is 5.15. The van der Waals surface area contributed by atoms with Crippen LogP contribution in [0.5, 0.6) is 0 Å². The van der Waals surface area contributed by atoms with E-state index in [9.17, 15) is 4.79 Å². The number of hydrogen-bond donors (Lipinski definition) is 2. The number of benzene rings is 2. The van der Waals surface area contributed by atoms with Crippen molar-refractivity contribution in [1.82, 2.24) is 9.97 Å². The van der Waals surface area contributed by atoms with Crippen LogP contribution in [0.25, 0.3) is 11.0 Å². The number of hydrogen-bond acceptors (Lipinski definition) is 1. The average Bonchev–Trinajstić information content (AvgIpc) is 2.75. The van der Waals surface area contributed by atoms with Gasteiger partial charge in [-0.05, 0) is 37.1 Å². The van der Waals surface area contributed by atoms with Crippen LogP contribution < -0.4 is 5.69 Å². The van der Waals surface area contributed by atoms with E-state index in [1.165, 1.54) is 16.7 Å². The Kier molecular flexibility index (Phi) is 3.80. The first-order valence-electron chi connectivity index (χ1n) is 6.58. The van der Waals surface area contributed by atoms with E-state index in [0.717, 1.165) is 21.1 Å². The molecule has 108 valence electrons. The van der Waals surface area contributed by atoms with Gasteiger partial charge in [0, 0.05) is 4.47 Å². The summed E-state index contributed by atoms with van der Waals surface area (Å²) in [5.74, 6) is 0. The number of nitrogens with one attached hydrogen (secondary N) is 2. The number of aromatic amines is 2. The van der Waals surface area contributed by atoms with Gasteiger partial charge < -0.3 is 9.97 Å². The number of aromatic nitrogens is 2. The quantitative estimate of drug-likeness (QED) is 0.591. The number of H-pyrrole nitrogens is 2. The molecule has 0 amide bonds. The number of halogens is 2. The lowest BCUT2D eigenvalue weighted by molar-refractivity contribution is 1.15. The fourth-order valence-corrected chi connectivity index (χ4v) is 4.13. The van der Waals surface area contributed by atoms with Crippen molar-refractivity contribution < 1.29 is 0 Å². The lowest BCUT2D eigenvalue weighted by atomic mass is 10.0. The van der Waals surface area contributed by atoms with Gasteiger partial charge in [-0.2, -0.15) is 0 Å². The molecule has 0 radical (unpaired) electrons. The first kappa shape index (κ1) is 14.6. The summed E-state index contributed by atoms with van der Waals surface area (Å²) in [6.07, 6.45) is 0. The zero-order valence-corrected chi connectivity index (χ0v) is 14.8. The molecule has 0 aliphatic heterocycles. The van der Waals surface area contributed by atoms with E-state index in [0.29, 0.717) is 0 Å². The molecule has 2 N–H and O–H groups in total. The van der Waals surface area contributed by atoms with Crippen molar-refractivity contribution in [2.24, 2.45) is 0 Å². The lowest BCUT2D eigenvalue weighted by Crippen LogP contribution is -1.99. The van der Waals surface area contributed by atoms with Crippen LogP contribution >= 0.6 is 31.9 Å². The van der Waals surface area contributed by atoms with Crippen molar-refractivity contribution in [2.75, 3.05) is 0 Å². The monoisotopic (exact) mass is 408 g/mol. The smallest absolute Gasteiger partial charge is 0.306 e. The van der Waals surface area contributed by atoms with Crippen molar-refractivity contribution in [1.29, 1.82) is 0 Å². The molecular formula is C16H14Br2N2O. The molecular weight excluding hydrogens is 396 g/mol. The maximum atomic E-state index is 11.4. The molecule has 5 heteroatoms. The molecule has 0 aliphatic rings. The fraction of sp³-hybridized carbons (Fsp3) is 0.188. The summed E-state index contributed by atoms with van der Waals surface area (Å²) in [6.45, 7) is 4.19. The molecule has 1 heterocycles. The molecule has 0 spiro atoms. The van der Waals surface area contributed by atoms with Gasteiger partial charge in [-0.25, -0.2) is 4.79 Å². The van der Waals surface area contributed by atoms with Crippen LogP contribution in [-0.2, 0) is 0 Å². The van der Waals surface area contributed by atoms with Gasteiger partial charge in [-0.15, -0.1) is 0 Å². The second kappa shape index (κ2) is 5.46. The number of aryl methyl sites for hydroxylation is 2. The summed E-state index contributed by atoms with van der Waals surface area (Å²) >= 11 is 7.37. The molecule has 0 bridgehead atoms. The predicted octanol–water partition coefficient (Wildman–Crippen LogP) is 4.72. The summed E-state index contributed by atoms with van der Waals surface area (Å²) in [6, 6.07) is 10.4. The summed E-state index contributed by atoms with van der Waals surface area (Å²) < 4.78 is 0.964. The number of fused-ring (bicyclic) bond motifs is 1. The number of rotatable bonds is 2. The molecule has 0 saturated heterocycles. The molecule has 21 heavy (non-hydrogen) atoms. The molecule has 3 nitrogen and oxygen atoms in total. The zero-order valence-electron chi connectivity index (χ0n) is 11.6. The SMILES string of the molecule is Cc1cc(C)cc(C(Br)c2cc3[nH]c(=O)[nH]c3cc2Br)c1. The van der Waals surface area contributed by atoms with Gasteiger partial charge in [0.15, 0.2) is 0 Å². The van der Waals surface area contributed by atoms with Crippen LogP contribution in [0.1, 0.15) is 27.1 Å². The lowest BCUT2D eigenvalue weighted by Gasteiger charge is -2.14. The van der Waals surface area contributed by atoms with Crippen molar-refractivity contribution in [3.8, 4) is 0 Å². The predicted molar refractivity (Wildman–Crippen MR) is 93.3 cm³/mol. The van der Waals surface area contributed by atoms with Gasteiger partial charge in [0.1, 0.15) is 0 Å². The largest absolute Gasteiger partial charge is 0.323 e. The van der Waals surface area contributed by atoms with Crippen molar-refractivity contribution in [2.45, 2.75) is 18.7 Å². The van der Waals surface area contributed by atoms with Gasteiger partial charge in [0.2, 0.25) is 0 Å². The normalized spacial score (nSPS) is 12.8. The van der Waals surface area contributed by atoms with Gasteiger partial charge >= 0.3 is 5.69 Å². The van der Waals surface area contributed by atoms with Crippen molar-refractivity contribution in [3.63, 3.8) is 0 Å². The second-order valence-corrected chi connectivity index (χ2v) is 7.05. The highest BCUT2D eigenvalue weighted by Gasteiger charge is 2.16. The maximum absolute atomic E-state index is 11.4. The molecule has 1 unspecified atom stereocenters. The Morgan fingerprint density at radius 1 is 0.952 bits per heavy atom. The highest BCUT2D eigenvalue weighted by molar-refractivity contribution is 9.11. The minimum Gasteiger partial charge on any atom is -0.306 e. The topological polar surface area (TPSA) is 48.6 Å². The molecule has 0 saturated carbocycles. The fourth-order valence-electron chi connectivity index (χ4n) is 2.60. The molecule has 0 fully saturated rings. The zero-order chi connectivity index (χ0) is 15.1. The highest BCUT2D eigenvalue weighted by atomic mass is 79.9.